The summed E-state index contributed by atoms with van der Waals surface area (Å²) in [6.07, 6.45) is 0. The van der Waals surface area contributed by atoms with E-state index in [0.29, 0.717) is 5.56 Å². The number of hydrogen-bond donors (Lipinski definition) is 0. The third-order valence-electron chi connectivity index (χ3n) is 4.94. The van der Waals surface area contributed by atoms with Crippen LogP contribution in [0.2, 0.25) is 0 Å². The molecule has 126 valence electrons. The van der Waals surface area contributed by atoms with Crippen LogP contribution >= 0.6 is 11.3 Å². The lowest BCUT2D eigenvalue weighted by Gasteiger charge is -2.04. The number of para-hydroxylation sites is 1. The number of rotatable bonds is 3. The normalized spacial score (nSPS) is 11.6. The molecule has 0 spiro atoms. The number of ketones is 1. The van der Waals surface area contributed by atoms with Gasteiger partial charge in [0.1, 0.15) is 0 Å². The number of aromatic nitrogens is 2. The van der Waals surface area contributed by atoms with Crippen molar-refractivity contribution in [1.29, 1.82) is 0 Å². The molecule has 0 aliphatic heterocycles. The van der Waals surface area contributed by atoms with Crippen molar-refractivity contribution in [1.82, 2.24) is 9.55 Å². The van der Waals surface area contributed by atoms with Gasteiger partial charge >= 0.3 is 0 Å². The first-order valence-electron chi connectivity index (χ1n) is 8.65. The van der Waals surface area contributed by atoms with Crippen LogP contribution in [0.3, 0.4) is 0 Å². The Morgan fingerprint density at radius 1 is 0.962 bits per heavy atom. The molecule has 0 radical (unpaired) electrons. The molecule has 5 rings (SSSR count). The standard InChI is InChI=1S/C22H16N2OS/c1-2-24-19-6-4-3-5-16(19)17-11-14(8-10-20(17)24)22(25)15-7-9-18-21(12-15)26-13-23-18/h3-13H,2H2,1H3. The van der Waals surface area contributed by atoms with Crippen molar-refractivity contribution < 1.29 is 4.79 Å². The molecule has 3 nitrogen and oxygen atoms in total. The van der Waals surface area contributed by atoms with Crippen LogP contribution in [0, 0.1) is 0 Å². The number of aryl methyl sites for hydroxylation is 1. The molecule has 0 aliphatic carbocycles. The molecule has 2 heterocycles. The molecular weight excluding hydrogens is 340 g/mol. The van der Waals surface area contributed by atoms with Crippen LogP contribution in [0.15, 0.2) is 66.2 Å². The zero-order chi connectivity index (χ0) is 17.7. The topological polar surface area (TPSA) is 34.9 Å². The Morgan fingerprint density at radius 2 is 1.73 bits per heavy atom. The van der Waals surface area contributed by atoms with Crippen molar-refractivity contribution in [3.05, 3.63) is 77.3 Å². The van der Waals surface area contributed by atoms with Crippen LogP contribution in [0.1, 0.15) is 22.8 Å². The minimum atomic E-state index is 0.0514. The maximum Gasteiger partial charge on any atom is 0.193 e. The molecule has 3 aromatic carbocycles. The Morgan fingerprint density at radius 3 is 2.62 bits per heavy atom. The first-order valence-corrected chi connectivity index (χ1v) is 9.53. The average molecular weight is 356 g/mol. The molecule has 4 heteroatoms. The van der Waals surface area contributed by atoms with Gasteiger partial charge < -0.3 is 4.57 Å². The van der Waals surface area contributed by atoms with E-state index < -0.39 is 0 Å². The Bertz CT molecular complexity index is 1300. The number of carbonyl (C=O) groups is 1. The van der Waals surface area contributed by atoms with E-state index in [2.05, 4.69) is 40.7 Å². The van der Waals surface area contributed by atoms with Crippen LogP contribution in [-0.2, 0) is 6.54 Å². The fourth-order valence-corrected chi connectivity index (χ4v) is 4.41. The van der Waals surface area contributed by atoms with Crippen molar-refractivity contribution in [2.45, 2.75) is 13.5 Å². The maximum atomic E-state index is 13.0. The van der Waals surface area contributed by atoms with Crippen molar-refractivity contribution in [3.8, 4) is 0 Å². The lowest BCUT2D eigenvalue weighted by Crippen LogP contribution is -2.01. The predicted molar refractivity (Wildman–Crippen MR) is 108 cm³/mol. The summed E-state index contributed by atoms with van der Waals surface area (Å²) in [5.74, 6) is 0.0514. The van der Waals surface area contributed by atoms with Crippen molar-refractivity contribution >= 4 is 49.1 Å². The highest BCUT2D eigenvalue weighted by Crippen LogP contribution is 2.30. The van der Waals surface area contributed by atoms with E-state index >= 15 is 0 Å². The second kappa shape index (κ2) is 5.78. The second-order valence-electron chi connectivity index (χ2n) is 6.36. The molecular formula is C22H16N2OS. The second-order valence-corrected chi connectivity index (χ2v) is 7.24. The Labute approximate surface area is 154 Å². The van der Waals surface area contributed by atoms with Crippen LogP contribution in [0.4, 0.5) is 0 Å². The van der Waals surface area contributed by atoms with Gasteiger partial charge in [0.15, 0.2) is 5.78 Å². The quantitative estimate of drug-likeness (QED) is 0.391. The third kappa shape index (κ3) is 2.19. The largest absolute Gasteiger partial charge is 0.341 e. The van der Waals surface area contributed by atoms with Gasteiger partial charge in [0.25, 0.3) is 0 Å². The highest BCUT2D eigenvalue weighted by atomic mass is 32.1. The van der Waals surface area contributed by atoms with Crippen molar-refractivity contribution in [2.75, 3.05) is 0 Å². The van der Waals surface area contributed by atoms with Gasteiger partial charge in [0, 0.05) is 39.5 Å². The van der Waals surface area contributed by atoms with Crippen LogP contribution in [-0.4, -0.2) is 15.3 Å². The minimum Gasteiger partial charge on any atom is -0.341 e. The zero-order valence-electron chi connectivity index (χ0n) is 14.3. The van der Waals surface area contributed by atoms with Gasteiger partial charge in [-0.1, -0.05) is 18.2 Å². The molecule has 0 atom stereocenters. The summed E-state index contributed by atoms with van der Waals surface area (Å²) >= 11 is 1.56. The van der Waals surface area contributed by atoms with E-state index in [9.17, 15) is 4.79 Å². The first-order chi connectivity index (χ1) is 12.8. The first kappa shape index (κ1) is 15.3. The third-order valence-corrected chi connectivity index (χ3v) is 5.74. The van der Waals surface area contributed by atoms with Gasteiger partial charge in [-0.05, 0) is 49.4 Å². The fraction of sp³-hybridized carbons (Fsp3) is 0.0909. The van der Waals surface area contributed by atoms with Crippen molar-refractivity contribution in [2.24, 2.45) is 0 Å². The summed E-state index contributed by atoms with van der Waals surface area (Å²) < 4.78 is 3.34. The Hall–Kier alpha value is -2.98. The predicted octanol–water partition coefficient (Wildman–Crippen LogP) is 5.66. The average Bonchev–Trinajstić information content (AvgIpc) is 3.28. The summed E-state index contributed by atoms with van der Waals surface area (Å²) in [5.41, 5.74) is 6.56. The minimum absolute atomic E-state index is 0.0514. The van der Waals surface area contributed by atoms with Gasteiger partial charge in [0.05, 0.1) is 15.7 Å². The van der Waals surface area contributed by atoms with Gasteiger partial charge in [-0.2, -0.15) is 0 Å². The van der Waals surface area contributed by atoms with E-state index in [4.69, 9.17) is 0 Å². The molecule has 0 fully saturated rings. The monoisotopic (exact) mass is 356 g/mol. The summed E-state index contributed by atoms with van der Waals surface area (Å²) in [6, 6.07) is 20.1. The highest BCUT2D eigenvalue weighted by molar-refractivity contribution is 7.16. The number of benzene rings is 3. The molecule has 5 aromatic rings. The van der Waals surface area contributed by atoms with Crippen LogP contribution in [0.5, 0.6) is 0 Å². The summed E-state index contributed by atoms with van der Waals surface area (Å²) in [4.78, 5) is 17.3. The maximum absolute atomic E-state index is 13.0. The SMILES string of the molecule is CCn1c2ccccc2c2cc(C(=O)c3ccc4ncsc4c3)ccc21. The highest BCUT2D eigenvalue weighted by Gasteiger charge is 2.14. The number of nitrogens with zero attached hydrogens (tertiary/aromatic N) is 2. The van der Waals surface area contributed by atoms with E-state index in [1.807, 2.05) is 41.9 Å². The van der Waals surface area contributed by atoms with E-state index in [-0.39, 0.29) is 5.78 Å². The summed E-state index contributed by atoms with van der Waals surface area (Å²) in [6.45, 7) is 3.05. The smallest absolute Gasteiger partial charge is 0.193 e. The Kier molecular flexibility index (Phi) is 3.40. The fourth-order valence-electron chi connectivity index (χ4n) is 3.70. The van der Waals surface area contributed by atoms with Crippen LogP contribution < -0.4 is 0 Å². The molecule has 0 N–H and O–H groups in total. The number of thiazole rings is 1. The number of carbonyl (C=O) groups excluding carboxylic acids is 1. The lowest BCUT2D eigenvalue weighted by molar-refractivity contribution is 0.103. The van der Waals surface area contributed by atoms with E-state index in [1.54, 1.807) is 11.3 Å². The molecule has 0 bridgehead atoms. The molecule has 0 unspecified atom stereocenters. The van der Waals surface area contributed by atoms with Crippen molar-refractivity contribution in [3.63, 3.8) is 0 Å². The summed E-state index contributed by atoms with van der Waals surface area (Å²) in [7, 11) is 0. The molecule has 0 amide bonds. The van der Waals surface area contributed by atoms with E-state index in [0.717, 1.165) is 27.7 Å². The Balaban J connectivity index is 1.69. The van der Waals surface area contributed by atoms with Gasteiger partial charge in [0.2, 0.25) is 0 Å². The zero-order valence-corrected chi connectivity index (χ0v) is 15.1. The molecule has 0 saturated heterocycles. The lowest BCUT2D eigenvalue weighted by atomic mass is 10.0. The van der Waals surface area contributed by atoms with E-state index in [1.165, 1.54) is 16.4 Å². The van der Waals surface area contributed by atoms with Gasteiger partial charge in [-0.3, -0.25) is 4.79 Å². The summed E-state index contributed by atoms with van der Waals surface area (Å²) in [5, 5.41) is 2.32. The van der Waals surface area contributed by atoms with Gasteiger partial charge in [-0.25, -0.2) is 4.98 Å². The molecule has 2 aromatic heterocycles. The van der Waals surface area contributed by atoms with Crippen LogP contribution in [0.25, 0.3) is 32.0 Å². The molecule has 0 saturated carbocycles. The number of fused-ring (bicyclic) bond motifs is 4. The molecule has 26 heavy (non-hydrogen) atoms. The molecule has 0 aliphatic rings. The number of hydrogen-bond acceptors (Lipinski definition) is 3. The van der Waals surface area contributed by atoms with Gasteiger partial charge in [-0.15, -0.1) is 11.3 Å².